The first-order chi connectivity index (χ1) is 13.4. The number of nitrogens with zero attached hydrogens (tertiary/aromatic N) is 2. The van der Waals surface area contributed by atoms with Gasteiger partial charge in [0.25, 0.3) is 0 Å². The molecule has 1 saturated heterocycles. The molecular weight excluding hydrogens is 350 g/mol. The molecule has 28 heavy (non-hydrogen) atoms. The minimum absolute atomic E-state index is 0.00188. The highest BCUT2D eigenvalue weighted by molar-refractivity contribution is 6.03. The Bertz CT molecular complexity index is 836. The van der Waals surface area contributed by atoms with Gasteiger partial charge in [0.05, 0.1) is 5.92 Å². The van der Waals surface area contributed by atoms with Gasteiger partial charge in [-0.25, -0.2) is 0 Å². The summed E-state index contributed by atoms with van der Waals surface area (Å²) in [6.07, 6.45) is 0.246. The van der Waals surface area contributed by atoms with Crippen LogP contribution in [0.15, 0.2) is 42.5 Å². The summed E-state index contributed by atoms with van der Waals surface area (Å²) >= 11 is 0. The lowest BCUT2D eigenvalue weighted by atomic mass is 10.1. The number of aryl methyl sites for hydroxylation is 2. The van der Waals surface area contributed by atoms with Crippen molar-refractivity contribution in [2.45, 2.75) is 34.1 Å². The van der Waals surface area contributed by atoms with Crippen molar-refractivity contribution in [3.63, 3.8) is 0 Å². The highest BCUT2D eigenvalue weighted by Crippen LogP contribution is 2.28. The third-order valence-corrected chi connectivity index (χ3v) is 5.28. The standard InChI is InChI=1S/C23H29N3O2/c1-5-25(6-2)20-9-7-19(8-10-20)24-23(28)18-14-22(27)26(15-18)21-12-16(3)11-17(4)13-21/h7-13,18H,5-6,14-15H2,1-4H3,(H,24,28). The Kier molecular flexibility index (Phi) is 6.02. The van der Waals surface area contributed by atoms with Gasteiger partial charge < -0.3 is 15.1 Å². The van der Waals surface area contributed by atoms with E-state index in [0.29, 0.717) is 6.54 Å². The lowest BCUT2D eigenvalue weighted by Crippen LogP contribution is -2.28. The van der Waals surface area contributed by atoms with Gasteiger partial charge in [-0.2, -0.15) is 0 Å². The van der Waals surface area contributed by atoms with Gasteiger partial charge in [0, 0.05) is 43.1 Å². The first kappa shape index (κ1) is 19.9. The predicted molar refractivity (Wildman–Crippen MR) is 115 cm³/mol. The zero-order chi connectivity index (χ0) is 20.3. The number of anilines is 3. The van der Waals surface area contributed by atoms with E-state index < -0.39 is 0 Å². The number of amides is 2. The Hall–Kier alpha value is -2.82. The van der Waals surface area contributed by atoms with E-state index >= 15 is 0 Å². The summed E-state index contributed by atoms with van der Waals surface area (Å²) < 4.78 is 0. The quantitative estimate of drug-likeness (QED) is 0.821. The van der Waals surface area contributed by atoms with E-state index in [2.05, 4.69) is 30.1 Å². The van der Waals surface area contributed by atoms with Gasteiger partial charge in [-0.15, -0.1) is 0 Å². The molecule has 5 heteroatoms. The second kappa shape index (κ2) is 8.46. The molecule has 1 fully saturated rings. The molecule has 1 aliphatic heterocycles. The van der Waals surface area contributed by atoms with Crippen LogP contribution in [0.3, 0.4) is 0 Å². The van der Waals surface area contributed by atoms with E-state index in [0.717, 1.165) is 41.3 Å². The summed E-state index contributed by atoms with van der Waals surface area (Å²) in [4.78, 5) is 29.2. The predicted octanol–water partition coefficient (Wildman–Crippen LogP) is 4.14. The molecule has 1 N–H and O–H groups in total. The minimum Gasteiger partial charge on any atom is -0.372 e. The Morgan fingerprint density at radius 1 is 1.07 bits per heavy atom. The molecular formula is C23H29N3O2. The number of carbonyl (C=O) groups excluding carboxylic acids is 2. The van der Waals surface area contributed by atoms with Gasteiger partial charge in [0.2, 0.25) is 11.8 Å². The van der Waals surface area contributed by atoms with Crippen molar-refractivity contribution in [1.82, 2.24) is 0 Å². The molecule has 0 spiro atoms. The number of hydrogen-bond acceptors (Lipinski definition) is 3. The number of nitrogens with one attached hydrogen (secondary N) is 1. The molecule has 2 amide bonds. The van der Waals surface area contributed by atoms with Crippen LogP contribution in [0.25, 0.3) is 0 Å². The van der Waals surface area contributed by atoms with Crippen LogP contribution >= 0.6 is 0 Å². The Labute approximate surface area is 167 Å². The van der Waals surface area contributed by atoms with Gasteiger partial charge in [0.1, 0.15) is 0 Å². The zero-order valence-corrected chi connectivity index (χ0v) is 17.2. The first-order valence-corrected chi connectivity index (χ1v) is 9.95. The fraction of sp³-hybridized carbons (Fsp3) is 0.391. The largest absolute Gasteiger partial charge is 0.372 e. The number of hydrogen-bond donors (Lipinski definition) is 1. The normalized spacial score (nSPS) is 16.4. The van der Waals surface area contributed by atoms with Crippen molar-refractivity contribution in [3.8, 4) is 0 Å². The maximum Gasteiger partial charge on any atom is 0.229 e. The van der Waals surface area contributed by atoms with Gasteiger partial charge in [-0.3, -0.25) is 9.59 Å². The van der Waals surface area contributed by atoms with Crippen molar-refractivity contribution in [3.05, 3.63) is 53.6 Å². The highest BCUT2D eigenvalue weighted by atomic mass is 16.2. The van der Waals surface area contributed by atoms with Gasteiger partial charge >= 0.3 is 0 Å². The second-order valence-corrected chi connectivity index (χ2v) is 7.46. The summed E-state index contributed by atoms with van der Waals surface area (Å²) in [5, 5.41) is 2.97. The average Bonchev–Trinajstić information content (AvgIpc) is 3.05. The summed E-state index contributed by atoms with van der Waals surface area (Å²) in [5.74, 6) is -0.436. The molecule has 1 heterocycles. The van der Waals surface area contributed by atoms with Crippen molar-refractivity contribution >= 4 is 28.9 Å². The van der Waals surface area contributed by atoms with E-state index in [4.69, 9.17) is 0 Å². The molecule has 2 aromatic carbocycles. The van der Waals surface area contributed by atoms with Crippen molar-refractivity contribution in [2.24, 2.45) is 5.92 Å². The molecule has 0 aromatic heterocycles. The van der Waals surface area contributed by atoms with Gasteiger partial charge in [0.15, 0.2) is 0 Å². The van der Waals surface area contributed by atoms with Crippen molar-refractivity contribution in [1.29, 1.82) is 0 Å². The molecule has 1 atom stereocenters. The number of benzene rings is 2. The molecule has 5 nitrogen and oxygen atoms in total. The number of rotatable bonds is 6. The van der Waals surface area contributed by atoms with Crippen LogP contribution in [0.5, 0.6) is 0 Å². The fourth-order valence-electron chi connectivity index (χ4n) is 3.83. The van der Waals surface area contributed by atoms with E-state index in [1.807, 2.05) is 50.2 Å². The van der Waals surface area contributed by atoms with Crippen molar-refractivity contribution < 1.29 is 9.59 Å². The van der Waals surface area contributed by atoms with E-state index in [-0.39, 0.29) is 24.2 Å². The highest BCUT2D eigenvalue weighted by Gasteiger charge is 2.35. The fourth-order valence-corrected chi connectivity index (χ4v) is 3.83. The molecule has 0 saturated carbocycles. The van der Waals surface area contributed by atoms with Crippen LogP contribution in [-0.4, -0.2) is 31.4 Å². The molecule has 0 bridgehead atoms. The Morgan fingerprint density at radius 3 is 2.25 bits per heavy atom. The minimum atomic E-state index is -0.337. The zero-order valence-electron chi connectivity index (χ0n) is 17.2. The molecule has 0 radical (unpaired) electrons. The van der Waals surface area contributed by atoms with Crippen molar-refractivity contribution in [2.75, 3.05) is 34.8 Å². The lowest BCUT2D eigenvalue weighted by molar-refractivity contribution is -0.122. The van der Waals surface area contributed by atoms with Crippen LogP contribution < -0.4 is 15.1 Å². The van der Waals surface area contributed by atoms with Crippen LogP contribution in [0.1, 0.15) is 31.4 Å². The monoisotopic (exact) mass is 379 g/mol. The molecule has 3 rings (SSSR count). The summed E-state index contributed by atoms with van der Waals surface area (Å²) in [6.45, 7) is 10.6. The Balaban J connectivity index is 1.66. The maximum atomic E-state index is 12.7. The molecule has 1 aliphatic rings. The third-order valence-electron chi connectivity index (χ3n) is 5.28. The smallest absolute Gasteiger partial charge is 0.229 e. The molecule has 1 unspecified atom stereocenters. The third kappa shape index (κ3) is 4.35. The SMILES string of the molecule is CCN(CC)c1ccc(NC(=O)C2CC(=O)N(c3cc(C)cc(C)c3)C2)cc1. The van der Waals surface area contributed by atoms with Gasteiger partial charge in [-0.1, -0.05) is 6.07 Å². The summed E-state index contributed by atoms with van der Waals surface area (Å²) in [6, 6.07) is 14.0. The van der Waals surface area contributed by atoms with E-state index in [1.54, 1.807) is 4.90 Å². The van der Waals surface area contributed by atoms with Crippen LogP contribution in [0.4, 0.5) is 17.1 Å². The van der Waals surface area contributed by atoms with E-state index in [1.165, 1.54) is 0 Å². The average molecular weight is 380 g/mol. The number of carbonyl (C=O) groups is 2. The molecule has 2 aromatic rings. The topological polar surface area (TPSA) is 52.7 Å². The Morgan fingerprint density at radius 2 is 1.68 bits per heavy atom. The summed E-state index contributed by atoms with van der Waals surface area (Å²) in [5.41, 5.74) is 5.01. The molecule has 0 aliphatic carbocycles. The second-order valence-electron chi connectivity index (χ2n) is 7.46. The van der Waals surface area contributed by atoms with Crippen LogP contribution in [-0.2, 0) is 9.59 Å². The maximum absolute atomic E-state index is 12.7. The first-order valence-electron chi connectivity index (χ1n) is 9.95. The lowest BCUT2D eigenvalue weighted by Gasteiger charge is -2.21. The van der Waals surface area contributed by atoms with Gasteiger partial charge in [-0.05, 0) is 75.2 Å². The van der Waals surface area contributed by atoms with E-state index in [9.17, 15) is 9.59 Å². The van der Waals surface area contributed by atoms with Crippen LogP contribution in [0.2, 0.25) is 0 Å². The summed E-state index contributed by atoms with van der Waals surface area (Å²) in [7, 11) is 0. The van der Waals surface area contributed by atoms with Crippen LogP contribution in [0, 0.1) is 19.8 Å². The molecule has 148 valence electrons.